The lowest BCUT2D eigenvalue weighted by Gasteiger charge is -2.13. The van der Waals surface area contributed by atoms with Crippen LogP contribution >= 0.6 is 0 Å². The molecule has 0 radical (unpaired) electrons. The van der Waals surface area contributed by atoms with Gasteiger partial charge in [-0.15, -0.1) is 0 Å². The third-order valence-corrected chi connectivity index (χ3v) is 3.30. The molecule has 1 atom stereocenters. The van der Waals surface area contributed by atoms with Crippen molar-refractivity contribution in [3.05, 3.63) is 51.2 Å². The number of nitrogens with zero attached hydrogens (tertiary/aromatic N) is 3. The highest BCUT2D eigenvalue weighted by Crippen LogP contribution is 2.23. The van der Waals surface area contributed by atoms with E-state index in [4.69, 9.17) is 4.52 Å². The predicted octanol–water partition coefficient (Wildman–Crippen LogP) is 2.49. The maximum atomic E-state index is 11.0. The fraction of sp³-hybridized carbons (Fsp3) is 0.429. The minimum absolute atomic E-state index is 0.0114. The number of benzene rings is 1. The molecule has 0 spiro atoms. The van der Waals surface area contributed by atoms with Crippen LogP contribution in [-0.2, 0) is 6.42 Å². The van der Waals surface area contributed by atoms with E-state index in [1.165, 1.54) is 0 Å². The molecule has 0 amide bonds. The number of nitrogens with one attached hydrogen (secondary N) is 1. The summed E-state index contributed by atoms with van der Waals surface area (Å²) in [7, 11) is 0. The number of hydrogen-bond donors (Lipinski definition) is 1. The summed E-state index contributed by atoms with van der Waals surface area (Å²) in [6.45, 7) is 6.12. The van der Waals surface area contributed by atoms with Crippen molar-refractivity contribution in [3.63, 3.8) is 0 Å². The van der Waals surface area contributed by atoms with Gasteiger partial charge < -0.3 is 9.84 Å². The number of aryl methyl sites for hydroxylation is 2. The molecule has 7 heteroatoms. The number of rotatable bonds is 6. The Bertz CT molecular complexity index is 639. The second-order valence-electron chi connectivity index (χ2n) is 4.96. The van der Waals surface area contributed by atoms with Crippen LogP contribution in [0.2, 0.25) is 0 Å². The molecule has 1 unspecified atom stereocenters. The summed E-state index contributed by atoms with van der Waals surface area (Å²) in [6.07, 6.45) is 0.648. The van der Waals surface area contributed by atoms with E-state index in [0.717, 1.165) is 5.56 Å². The number of nitro groups is 1. The molecule has 0 bridgehead atoms. The summed E-state index contributed by atoms with van der Waals surface area (Å²) in [4.78, 5) is 14.7. The average Bonchev–Trinajstić information content (AvgIpc) is 2.84. The Morgan fingerprint density at radius 3 is 2.81 bits per heavy atom. The lowest BCUT2D eigenvalue weighted by Crippen LogP contribution is -2.21. The molecule has 0 saturated heterocycles. The van der Waals surface area contributed by atoms with Crippen molar-refractivity contribution < 1.29 is 9.45 Å². The van der Waals surface area contributed by atoms with E-state index >= 15 is 0 Å². The van der Waals surface area contributed by atoms with Crippen LogP contribution in [0.25, 0.3) is 0 Å². The van der Waals surface area contributed by atoms with E-state index in [-0.39, 0.29) is 16.7 Å². The summed E-state index contributed by atoms with van der Waals surface area (Å²) >= 11 is 0. The molecule has 1 aromatic carbocycles. The maximum absolute atomic E-state index is 11.0. The Labute approximate surface area is 122 Å². The van der Waals surface area contributed by atoms with Crippen molar-refractivity contribution in [1.82, 2.24) is 15.5 Å². The zero-order valence-corrected chi connectivity index (χ0v) is 12.3. The van der Waals surface area contributed by atoms with E-state index < -0.39 is 0 Å². The molecule has 1 N–H and O–H groups in total. The highest BCUT2D eigenvalue weighted by atomic mass is 16.6. The quantitative estimate of drug-likeness (QED) is 0.648. The lowest BCUT2D eigenvalue weighted by molar-refractivity contribution is -0.385. The second kappa shape index (κ2) is 6.45. The molecule has 0 fully saturated rings. The van der Waals surface area contributed by atoms with Gasteiger partial charge >= 0.3 is 0 Å². The van der Waals surface area contributed by atoms with E-state index in [9.17, 15) is 10.1 Å². The summed E-state index contributed by atoms with van der Waals surface area (Å²) in [6, 6.07) is 5.30. The van der Waals surface area contributed by atoms with Gasteiger partial charge in [-0.3, -0.25) is 10.1 Å². The molecule has 0 saturated carbocycles. The van der Waals surface area contributed by atoms with Gasteiger partial charge in [0.05, 0.1) is 4.92 Å². The number of hydrogen-bond acceptors (Lipinski definition) is 6. The van der Waals surface area contributed by atoms with E-state index in [2.05, 4.69) is 15.5 Å². The molecular formula is C14H18N4O3. The molecule has 1 heterocycles. The monoisotopic (exact) mass is 290 g/mol. The van der Waals surface area contributed by atoms with Gasteiger partial charge in [0, 0.05) is 37.6 Å². The summed E-state index contributed by atoms with van der Waals surface area (Å²) in [5.41, 5.74) is 1.70. The highest BCUT2D eigenvalue weighted by Gasteiger charge is 2.14. The third-order valence-electron chi connectivity index (χ3n) is 3.30. The molecule has 2 aromatic rings. The van der Waals surface area contributed by atoms with Gasteiger partial charge in [-0.25, -0.2) is 0 Å². The van der Waals surface area contributed by atoms with E-state index in [1.54, 1.807) is 26.0 Å². The molecule has 1 aromatic heterocycles. The Kier molecular flexibility index (Phi) is 4.64. The fourth-order valence-corrected chi connectivity index (χ4v) is 2.05. The Morgan fingerprint density at radius 2 is 2.19 bits per heavy atom. The van der Waals surface area contributed by atoms with E-state index in [1.807, 2.05) is 13.0 Å². The first-order valence-electron chi connectivity index (χ1n) is 6.75. The van der Waals surface area contributed by atoms with Crippen LogP contribution in [0, 0.1) is 24.0 Å². The van der Waals surface area contributed by atoms with Crippen LogP contribution < -0.4 is 5.32 Å². The molecule has 2 rings (SSSR count). The average molecular weight is 290 g/mol. The van der Waals surface area contributed by atoms with Gasteiger partial charge in [0.25, 0.3) is 5.69 Å². The Hall–Kier alpha value is -2.28. The lowest BCUT2D eigenvalue weighted by atomic mass is 10.0. The van der Waals surface area contributed by atoms with Crippen LogP contribution in [0.4, 0.5) is 5.69 Å². The molecule has 0 aliphatic heterocycles. The van der Waals surface area contributed by atoms with Gasteiger partial charge in [0.1, 0.15) is 0 Å². The molecule has 21 heavy (non-hydrogen) atoms. The van der Waals surface area contributed by atoms with Gasteiger partial charge in [-0.05, 0) is 19.4 Å². The maximum Gasteiger partial charge on any atom is 0.272 e. The fourth-order valence-electron chi connectivity index (χ4n) is 2.05. The first-order chi connectivity index (χ1) is 9.97. The first-order valence-corrected chi connectivity index (χ1v) is 6.75. The van der Waals surface area contributed by atoms with E-state index in [0.29, 0.717) is 30.2 Å². The minimum Gasteiger partial charge on any atom is -0.340 e. The first kappa shape index (κ1) is 15.1. The van der Waals surface area contributed by atoms with Crippen LogP contribution in [0.5, 0.6) is 0 Å². The highest BCUT2D eigenvalue weighted by molar-refractivity contribution is 5.43. The van der Waals surface area contributed by atoms with Crippen LogP contribution in [-0.4, -0.2) is 21.6 Å². The van der Waals surface area contributed by atoms with Crippen molar-refractivity contribution in [2.45, 2.75) is 33.2 Å². The van der Waals surface area contributed by atoms with Gasteiger partial charge in [0.2, 0.25) is 5.89 Å². The van der Waals surface area contributed by atoms with Crippen molar-refractivity contribution >= 4 is 5.69 Å². The smallest absolute Gasteiger partial charge is 0.272 e. The predicted molar refractivity (Wildman–Crippen MR) is 77.0 cm³/mol. The van der Waals surface area contributed by atoms with Crippen LogP contribution in [0.15, 0.2) is 22.7 Å². The van der Waals surface area contributed by atoms with Crippen molar-refractivity contribution in [1.29, 1.82) is 0 Å². The normalized spacial score (nSPS) is 12.3. The summed E-state index contributed by atoms with van der Waals surface area (Å²) in [5.74, 6) is 1.20. The van der Waals surface area contributed by atoms with Gasteiger partial charge in [-0.2, -0.15) is 4.98 Å². The molecular weight excluding hydrogens is 272 g/mol. The second-order valence-corrected chi connectivity index (χ2v) is 4.96. The SMILES string of the molecule is Cc1nc(CCNC(C)c2ccc(C)c([N+](=O)[O-])c2)no1. The standard InChI is InChI=1S/C14H18N4O3/c1-9-4-5-12(8-13(9)18(19)20)10(2)15-7-6-14-16-11(3)21-17-14/h4-5,8,10,15H,6-7H2,1-3H3. The zero-order chi connectivity index (χ0) is 15.4. The summed E-state index contributed by atoms with van der Waals surface area (Å²) in [5, 5.41) is 18.1. The third kappa shape index (κ3) is 3.85. The van der Waals surface area contributed by atoms with Crippen molar-refractivity contribution in [2.24, 2.45) is 0 Å². The van der Waals surface area contributed by atoms with Crippen LogP contribution in [0.3, 0.4) is 0 Å². The number of nitro benzene ring substituents is 1. The zero-order valence-electron chi connectivity index (χ0n) is 12.3. The topological polar surface area (TPSA) is 94.1 Å². The van der Waals surface area contributed by atoms with Crippen LogP contribution in [0.1, 0.15) is 35.8 Å². The summed E-state index contributed by atoms with van der Waals surface area (Å²) < 4.78 is 4.90. The Morgan fingerprint density at radius 1 is 1.43 bits per heavy atom. The molecule has 0 aliphatic carbocycles. The molecule has 7 nitrogen and oxygen atoms in total. The Balaban J connectivity index is 1.95. The minimum atomic E-state index is -0.354. The van der Waals surface area contributed by atoms with Gasteiger partial charge in [-0.1, -0.05) is 17.3 Å². The number of aromatic nitrogens is 2. The molecule has 112 valence electrons. The van der Waals surface area contributed by atoms with Crippen molar-refractivity contribution in [3.8, 4) is 0 Å². The van der Waals surface area contributed by atoms with Crippen molar-refractivity contribution in [2.75, 3.05) is 6.54 Å². The largest absolute Gasteiger partial charge is 0.340 e. The van der Waals surface area contributed by atoms with Gasteiger partial charge in [0.15, 0.2) is 5.82 Å². The molecule has 0 aliphatic rings.